The zero-order valence-electron chi connectivity index (χ0n) is 12.3. The molecule has 118 valence electrons. The largest absolute Gasteiger partial charge is 0.352 e. The molecule has 0 saturated heterocycles. The second-order valence-corrected chi connectivity index (χ2v) is 7.86. The van der Waals surface area contributed by atoms with Gasteiger partial charge in [0.1, 0.15) is 0 Å². The fourth-order valence-corrected chi connectivity index (χ4v) is 3.36. The van der Waals surface area contributed by atoms with Gasteiger partial charge in [-0.1, -0.05) is 12.1 Å². The summed E-state index contributed by atoms with van der Waals surface area (Å²) in [6.07, 6.45) is 8.23. The Morgan fingerprint density at radius 2 is 1.91 bits per heavy atom. The zero-order chi connectivity index (χ0) is 15.8. The SMILES string of the molecule is NS(=O)(=O)c1ccc(/C=C/C(=O)NCC2(C3CC3)CC2)cc1. The van der Waals surface area contributed by atoms with Gasteiger partial charge in [-0.05, 0) is 60.8 Å². The van der Waals surface area contributed by atoms with Crippen LogP contribution < -0.4 is 10.5 Å². The van der Waals surface area contributed by atoms with Crippen LogP contribution in [0.3, 0.4) is 0 Å². The van der Waals surface area contributed by atoms with Gasteiger partial charge in [-0.2, -0.15) is 0 Å². The molecule has 5 nitrogen and oxygen atoms in total. The number of nitrogens with two attached hydrogens (primary N) is 1. The van der Waals surface area contributed by atoms with Crippen molar-refractivity contribution in [2.75, 3.05) is 6.54 Å². The van der Waals surface area contributed by atoms with Crippen LogP contribution in [0.15, 0.2) is 35.2 Å². The fourth-order valence-electron chi connectivity index (χ4n) is 2.85. The van der Waals surface area contributed by atoms with Crippen LogP contribution in [0.25, 0.3) is 6.08 Å². The molecule has 2 saturated carbocycles. The quantitative estimate of drug-likeness (QED) is 0.781. The van der Waals surface area contributed by atoms with Crippen LogP contribution in [0.5, 0.6) is 0 Å². The Morgan fingerprint density at radius 1 is 1.27 bits per heavy atom. The number of benzene rings is 1. The van der Waals surface area contributed by atoms with Crippen molar-refractivity contribution in [1.82, 2.24) is 5.32 Å². The van der Waals surface area contributed by atoms with E-state index in [2.05, 4.69) is 5.32 Å². The summed E-state index contributed by atoms with van der Waals surface area (Å²) in [6, 6.07) is 6.10. The Hall–Kier alpha value is -1.66. The molecule has 0 aliphatic heterocycles. The number of rotatable bonds is 6. The van der Waals surface area contributed by atoms with E-state index in [0.717, 1.165) is 18.0 Å². The average Bonchev–Trinajstić information content (AvgIpc) is 3.35. The van der Waals surface area contributed by atoms with E-state index < -0.39 is 10.0 Å². The first-order valence-electron chi connectivity index (χ1n) is 7.48. The van der Waals surface area contributed by atoms with E-state index in [1.807, 2.05) is 0 Å². The van der Waals surface area contributed by atoms with Crippen LogP contribution in [0.4, 0.5) is 0 Å². The summed E-state index contributed by atoms with van der Waals surface area (Å²) in [4.78, 5) is 11.9. The maximum Gasteiger partial charge on any atom is 0.244 e. The summed E-state index contributed by atoms with van der Waals surface area (Å²) in [5, 5.41) is 8.01. The predicted octanol–water partition coefficient (Wildman–Crippen LogP) is 1.65. The van der Waals surface area contributed by atoms with Gasteiger partial charge in [0.2, 0.25) is 15.9 Å². The van der Waals surface area contributed by atoms with Crippen molar-refractivity contribution in [3.8, 4) is 0 Å². The minimum absolute atomic E-state index is 0.0641. The van der Waals surface area contributed by atoms with E-state index in [9.17, 15) is 13.2 Å². The molecule has 3 N–H and O–H groups in total. The number of carbonyl (C=O) groups is 1. The summed E-state index contributed by atoms with van der Waals surface area (Å²) in [7, 11) is -3.67. The third-order valence-corrected chi connectivity index (χ3v) is 5.52. The minimum Gasteiger partial charge on any atom is -0.352 e. The van der Waals surface area contributed by atoms with Crippen molar-refractivity contribution in [3.63, 3.8) is 0 Å². The van der Waals surface area contributed by atoms with Crippen LogP contribution in [-0.2, 0) is 14.8 Å². The highest BCUT2D eigenvalue weighted by Crippen LogP contribution is 2.60. The van der Waals surface area contributed by atoms with Crippen LogP contribution >= 0.6 is 0 Å². The molecule has 22 heavy (non-hydrogen) atoms. The van der Waals surface area contributed by atoms with E-state index in [4.69, 9.17) is 5.14 Å². The van der Waals surface area contributed by atoms with E-state index in [1.165, 1.54) is 43.9 Å². The topological polar surface area (TPSA) is 89.3 Å². The van der Waals surface area contributed by atoms with Crippen molar-refractivity contribution in [2.45, 2.75) is 30.6 Å². The summed E-state index contributed by atoms with van der Waals surface area (Å²) < 4.78 is 22.3. The van der Waals surface area contributed by atoms with Gasteiger partial charge in [0.25, 0.3) is 0 Å². The van der Waals surface area contributed by atoms with Gasteiger partial charge in [-0.15, -0.1) is 0 Å². The number of primary sulfonamides is 1. The number of hydrogen-bond acceptors (Lipinski definition) is 3. The van der Waals surface area contributed by atoms with Gasteiger partial charge in [0.05, 0.1) is 4.90 Å². The highest BCUT2D eigenvalue weighted by molar-refractivity contribution is 7.89. The summed E-state index contributed by atoms with van der Waals surface area (Å²) in [6.45, 7) is 0.769. The molecule has 3 rings (SSSR count). The molecule has 2 aliphatic rings. The van der Waals surface area contributed by atoms with E-state index in [1.54, 1.807) is 18.2 Å². The van der Waals surface area contributed by atoms with Crippen molar-refractivity contribution >= 4 is 22.0 Å². The monoisotopic (exact) mass is 320 g/mol. The van der Waals surface area contributed by atoms with E-state index >= 15 is 0 Å². The number of carbonyl (C=O) groups excluding carboxylic acids is 1. The lowest BCUT2D eigenvalue weighted by molar-refractivity contribution is -0.116. The smallest absolute Gasteiger partial charge is 0.244 e. The Bertz CT molecular complexity index is 699. The normalized spacial score (nSPS) is 20.0. The standard InChI is InChI=1S/C16H20N2O3S/c17-22(20,21)14-6-1-12(2-7-14)3-8-15(19)18-11-16(9-10-16)13-4-5-13/h1-3,6-8,13H,4-5,9-11H2,(H,18,19)(H2,17,20,21)/b8-3+. The highest BCUT2D eigenvalue weighted by atomic mass is 32.2. The number of amides is 1. The minimum atomic E-state index is -3.67. The van der Waals surface area contributed by atoms with Gasteiger partial charge in [0, 0.05) is 12.6 Å². The summed E-state index contributed by atoms with van der Waals surface area (Å²) in [5.41, 5.74) is 1.14. The second kappa shape index (κ2) is 5.52. The molecule has 2 fully saturated rings. The average molecular weight is 320 g/mol. The van der Waals surface area contributed by atoms with Crippen LogP contribution in [0.1, 0.15) is 31.2 Å². The lowest BCUT2D eigenvalue weighted by Crippen LogP contribution is -2.29. The molecule has 0 radical (unpaired) electrons. The van der Waals surface area contributed by atoms with Crippen molar-refractivity contribution in [1.29, 1.82) is 0 Å². The van der Waals surface area contributed by atoms with Gasteiger partial charge in [-0.3, -0.25) is 4.79 Å². The lowest BCUT2D eigenvalue weighted by atomic mass is 10.0. The van der Waals surface area contributed by atoms with Gasteiger partial charge >= 0.3 is 0 Å². The second-order valence-electron chi connectivity index (χ2n) is 6.30. The lowest BCUT2D eigenvalue weighted by Gasteiger charge is -2.13. The Labute approximate surface area is 130 Å². The molecule has 0 spiro atoms. The maximum atomic E-state index is 11.8. The van der Waals surface area contributed by atoms with Crippen LogP contribution in [0, 0.1) is 11.3 Å². The molecule has 0 aromatic heterocycles. The van der Waals surface area contributed by atoms with Crippen molar-refractivity contribution in [2.24, 2.45) is 16.5 Å². The fraction of sp³-hybridized carbons (Fsp3) is 0.438. The zero-order valence-corrected chi connectivity index (χ0v) is 13.1. The molecule has 2 aliphatic carbocycles. The first kappa shape index (κ1) is 15.2. The molecular weight excluding hydrogens is 300 g/mol. The third kappa shape index (κ3) is 3.56. The molecule has 0 atom stereocenters. The number of hydrogen-bond donors (Lipinski definition) is 2. The van der Waals surface area contributed by atoms with Crippen molar-refractivity contribution < 1.29 is 13.2 Å². The third-order valence-electron chi connectivity index (χ3n) is 4.59. The number of sulfonamides is 1. The Morgan fingerprint density at radius 3 is 2.41 bits per heavy atom. The molecule has 6 heteroatoms. The molecule has 1 aromatic carbocycles. The first-order valence-corrected chi connectivity index (χ1v) is 9.03. The van der Waals surface area contributed by atoms with E-state index in [-0.39, 0.29) is 10.8 Å². The number of nitrogens with one attached hydrogen (secondary N) is 1. The molecule has 0 bridgehead atoms. The van der Waals surface area contributed by atoms with Crippen LogP contribution in [-0.4, -0.2) is 20.9 Å². The molecule has 0 unspecified atom stereocenters. The molecule has 1 aromatic rings. The Balaban J connectivity index is 1.53. The molecule has 1 amide bonds. The van der Waals surface area contributed by atoms with Gasteiger partial charge < -0.3 is 5.32 Å². The van der Waals surface area contributed by atoms with Crippen molar-refractivity contribution in [3.05, 3.63) is 35.9 Å². The molecular formula is C16H20N2O3S. The van der Waals surface area contributed by atoms with E-state index in [0.29, 0.717) is 5.41 Å². The van der Waals surface area contributed by atoms with Crippen LogP contribution in [0.2, 0.25) is 0 Å². The Kier molecular flexibility index (Phi) is 3.82. The predicted molar refractivity (Wildman–Crippen MR) is 84.2 cm³/mol. The summed E-state index contributed by atoms with van der Waals surface area (Å²) in [5.74, 6) is 0.713. The van der Waals surface area contributed by atoms with Gasteiger partial charge in [-0.25, -0.2) is 13.6 Å². The highest BCUT2D eigenvalue weighted by Gasteiger charge is 2.53. The summed E-state index contributed by atoms with van der Waals surface area (Å²) >= 11 is 0. The molecule has 0 heterocycles. The van der Waals surface area contributed by atoms with Gasteiger partial charge in [0.15, 0.2) is 0 Å². The first-order chi connectivity index (χ1) is 10.4. The maximum absolute atomic E-state index is 11.8.